The molecule has 0 saturated heterocycles. The standard InChI is InChI=1S/C13H22N4/c1-2-5-10(8-14)17-13-11-6-3-4-7-12(11)15-9-16-13/h9-10H,2-8,14H2,1H3,(H,15,16,17). The zero-order chi connectivity index (χ0) is 12.1. The van der Waals surface area contributed by atoms with Crippen LogP contribution in [0.25, 0.3) is 0 Å². The van der Waals surface area contributed by atoms with Gasteiger partial charge < -0.3 is 11.1 Å². The summed E-state index contributed by atoms with van der Waals surface area (Å²) in [5.41, 5.74) is 8.31. The van der Waals surface area contributed by atoms with Gasteiger partial charge in [0, 0.05) is 23.8 Å². The van der Waals surface area contributed by atoms with E-state index in [0.29, 0.717) is 12.6 Å². The maximum absolute atomic E-state index is 5.78. The first kappa shape index (κ1) is 12.3. The molecule has 0 radical (unpaired) electrons. The number of hydrogen-bond donors (Lipinski definition) is 2. The highest BCUT2D eigenvalue weighted by Gasteiger charge is 2.17. The summed E-state index contributed by atoms with van der Waals surface area (Å²) in [4.78, 5) is 8.76. The van der Waals surface area contributed by atoms with E-state index < -0.39 is 0 Å². The molecule has 0 amide bonds. The SMILES string of the molecule is CCCC(CN)Nc1ncnc2c1CCCC2. The predicted molar refractivity (Wildman–Crippen MR) is 70.0 cm³/mol. The molecule has 94 valence electrons. The van der Waals surface area contributed by atoms with Gasteiger partial charge in [-0.3, -0.25) is 0 Å². The van der Waals surface area contributed by atoms with Crippen molar-refractivity contribution in [3.05, 3.63) is 17.6 Å². The van der Waals surface area contributed by atoms with E-state index in [4.69, 9.17) is 5.73 Å². The Morgan fingerprint density at radius 3 is 2.94 bits per heavy atom. The highest BCUT2D eigenvalue weighted by molar-refractivity contribution is 5.47. The second kappa shape index (κ2) is 5.96. The molecular weight excluding hydrogens is 212 g/mol. The summed E-state index contributed by atoms with van der Waals surface area (Å²) >= 11 is 0. The Morgan fingerprint density at radius 2 is 2.18 bits per heavy atom. The van der Waals surface area contributed by atoms with Gasteiger partial charge in [-0.25, -0.2) is 9.97 Å². The molecule has 1 unspecified atom stereocenters. The molecular formula is C13H22N4. The summed E-state index contributed by atoms with van der Waals surface area (Å²) in [5, 5.41) is 3.48. The first-order valence-corrected chi connectivity index (χ1v) is 6.64. The van der Waals surface area contributed by atoms with Crippen molar-refractivity contribution in [3.63, 3.8) is 0 Å². The van der Waals surface area contributed by atoms with E-state index in [9.17, 15) is 0 Å². The number of anilines is 1. The molecule has 1 aromatic heterocycles. The fraction of sp³-hybridized carbons (Fsp3) is 0.692. The predicted octanol–water partition coefficient (Wildman–Crippen LogP) is 1.89. The van der Waals surface area contributed by atoms with Crippen molar-refractivity contribution < 1.29 is 0 Å². The minimum atomic E-state index is 0.334. The Labute approximate surface area is 103 Å². The van der Waals surface area contributed by atoms with E-state index in [-0.39, 0.29) is 0 Å². The van der Waals surface area contributed by atoms with Gasteiger partial charge in [-0.1, -0.05) is 13.3 Å². The number of nitrogens with two attached hydrogens (primary N) is 1. The Morgan fingerprint density at radius 1 is 1.35 bits per heavy atom. The summed E-state index contributed by atoms with van der Waals surface area (Å²) < 4.78 is 0. The number of nitrogens with zero attached hydrogens (tertiary/aromatic N) is 2. The van der Waals surface area contributed by atoms with Gasteiger partial charge >= 0.3 is 0 Å². The lowest BCUT2D eigenvalue weighted by Gasteiger charge is -2.22. The molecule has 0 bridgehead atoms. The third-order valence-electron chi connectivity index (χ3n) is 3.39. The average molecular weight is 234 g/mol. The Hall–Kier alpha value is -1.16. The van der Waals surface area contributed by atoms with Crippen molar-refractivity contribution in [2.75, 3.05) is 11.9 Å². The van der Waals surface area contributed by atoms with Crippen LogP contribution in [0.1, 0.15) is 43.9 Å². The van der Waals surface area contributed by atoms with Gasteiger partial charge in [-0.2, -0.15) is 0 Å². The Bertz CT molecular complexity index is 364. The zero-order valence-corrected chi connectivity index (χ0v) is 10.6. The van der Waals surface area contributed by atoms with Crippen LogP contribution in [0.5, 0.6) is 0 Å². The molecule has 0 aromatic carbocycles. The summed E-state index contributed by atoms with van der Waals surface area (Å²) in [7, 11) is 0. The maximum atomic E-state index is 5.78. The van der Waals surface area contributed by atoms with Gasteiger partial charge in [-0.15, -0.1) is 0 Å². The first-order chi connectivity index (χ1) is 8.35. The van der Waals surface area contributed by atoms with Crippen molar-refractivity contribution in [1.82, 2.24) is 9.97 Å². The molecule has 4 heteroatoms. The molecule has 4 nitrogen and oxygen atoms in total. The molecule has 1 aliphatic carbocycles. The van der Waals surface area contributed by atoms with Crippen LogP contribution in [-0.4, -0.2) is 22.6 Å². The third-order valence-corrected chi connectivity index (χ3v) is 3.39. The first-order valence-electron chi connectivity index (χ1n) is 6.64. The Balaban J connectivity index is 2.14. The minimum absolute atomic E-state index is 0.334. The summed E-state index contributed by atoms with van der Waals surface area (Å²) in [6.45, 7) is 2.84. The molecule has 0 spiro atoms. The molecule has 1 aromatic rings. The van der Waals surface area contributed by atoms with Gasteiger partial charge in [0.2, 0.25) is 0 Å². The third kappa shape index (κ3) is 2.94. The second-order valence-electron chi connectivity index (χ2n) is 4.72. The number of aryl methyl sites for hydroxylation is 1. The fourth-order valence-electron chi connectivity index (χ4n) is 2.44. The number of nitrogens with one attached hydrogen (secondary N) is 1. The van der Waals surface area contributed by atoms with Crippen LogP contribution in [0, 0.1) is 0 Å². The van der Waals surface area contributed by atoms with Crippen molar-refractivity contribution in [1.29, 1.82) is 0 Å². The van der Waals surface area contributed by atoms with Gasteiger partial charge in [0.15, 0.2) is 0 Å². The molecule has 17 heavy (non-hydrogen) atoms. The highest BCUT2D eigenvalue weighted by atomic mass is 15.0. The fourth-order valence-corrected chi connectivity index (χ4v) is 2.44. The molecule has 0 saturated carbocycles. The van der Waals surface area contributed by atoms with E-state index in [2.05, 4.69) is 22.2 Å². The second-order valence-corrected chi connectivity index (χ2v) is 4.72. The molecule has 0 fully saturated rings. The number of fused-ring (bicyclic) bond motifs is 1. The molecule has 1 aliphatic rings. The van der Waals surface area contributed by atoms with Crippen LogP contribution in [0.3, 0.4) is 0 Å². The summed E-state index contributed by atoms with van der Waals surface area (Å²) in [6.07, 6.45) is 8.59. The smallest absolute Gasteiger partial charge is 0.133 e. The average Bonchev–Trinajstić information content (AvgIpc) is 2.38. The number of rotatable bonds is 5. The molecule has 1 atom stereocenters. The number of aromatic nitrogens is 2. The van der Waals surface area contributed by atoms with Crippen molar-refractivity contribution in [2.24, 2.45) is 5.73 Å². The minimum Gasteiger partial charge on any atom is -0.366 e. The summed E-state index contributed by atoms with van der Waals surface area (Å²) in [6, 6.07) is 0.334. The van der Waals surface area contributed by atoms with Gasteiger partial charge in [0.25, 0.3) is 0 Å². The van der Waals surface area contributed by atoms with E-state index >= 15 is 0 Å². The van der Waals surface area contributed by atoms with Crippen LogP contribution in [0.2, 0.25) is 0 Å². The maximum Gasteiger partial charge on any atom is 0.133 e. The van der Waals surface area contributed by atoms with E-state index in [0.717, 1.165) is 31.5 Å². The molecule has 0 aliphatic heterocycles. The topological polar surface area (TPSA) is 63.8 Å². The van der Waals surface area contributed by atoms with E-state index in [1.165, 1.54) is 24.1 Å². The lowest BCUT2D eigenvalue weighted by molar-refractivity contribution is 0.632. The van der Waals surface area contributed by atoms with Gasteiger partial charge in [-0.05, 0) is 32.1 Å². The van der Waals surface area contributed by atoms with E-state index in [1.54, 1.807) is 6.33 Å². The van der Waals surface area contributed by atoms with Crippen molar-refractivity contribution in [2.45, 2.75) is 51.5 Å². The normalized spacial score (nSPS) is 16.4. The van der Waals surface area contributed by atoms with Crippen molar-refractivity contribution >= 4 is 5.82 Å². The lowest BCUT2D eigenvalue weighted by atomic mass is 9.96. The summed E-state index contributed by atoms with van der Waals surface area (Å²) in [5.74, 6) is 1.01. The van der Waals surface area contributed by atoms with Crippen LogP contribution in [0.4, 0.5) is 5.82 Å². The Kier molecular flexibility index (Phi) is 4.31. The number of hydrogen-bond acceptors (Lipinski definition) is 4. The highest BCUT2D eigenvalue weighted by Crippen LogP contribution is 2.24. The quantitative estimate of drug-likeness (QED) is 0.816. The van der Waals surface area contributed by atoms with Crippen LogP contribution < -0.4 is 11.1 Å². The molecule has 1 heterocycles. The van der Waals surface area contributed by atoms with Gasteiger partial charge in [0.05, 0.1) is 0 Å². The van der Waals surface area contributed by atoms with Crippen molar-refractivity contribution in [3.8, 4) is 0 Å². The van der Waals surface area contributed by atoms with Crippen LogP contribution in [-0.2, 0) is 12.8 Å². The van der Waals surface area contributed by atoms with Gasteiger partial charge in [0.1, 0.15) is 12.1 Å². The largest absolute Gasteiger partial charge is 0.366 e. The monoisotopic (exact) mass is 234 g/mol. The lowest BCUT2D eigenvalue weighted by Crippen LogP contribution is -2.30. The zero-order valence-electron chi connectivity index (χ0n) is 10.6. The molecule has 3 N–H and O–H groups in total. The van der Waals surface area contributed by atoms with E-state index in [1.807, 2.05) is 0 Å². The van der Waals surface area contributed by atoms with Crippen LogP contribution >= 0.6 is 0 Å². The van der Waals surface area contributed by atoms with Crippen LogP contribution in [0.15, 0.2) is 6.33 Å². The molecule has 2 rings (SSSR count).